The van der Waals surface area contributed by atoms with Crippen LogP contribution in [0.1, 0.15) is 13.8 Å². The Hall–Kier alpha value is 0.640. The monoisotopic (exact) mass is 197 g/mol. The topological polar surface area (TPSA) is 107 Å². The van der Waals surface area contributed by atoms with Gasteiger partial charge in [-0.2, -0.15) is 0 Å². The summed E-state index contributed by atoms with van der Waals surface area (Å²) in [4.78, 5) is 8.89. The number of carbonyl (C=O) groups is 1. The van der Waals surface area contributed by atoms with Crippen LogP contribution in [0, 0.1) is 0 Å². The summed E-state index contributed by atoms with van der Waals surface area (Å²) in [5.74, 6) is 2.42. The van der Waals surface area contributed by atoms with E-state index in [4.69, 9.17) is 20.2 Å². The van der Waals surface area contributed by atoms with Crippen LogP contribution in [0.15, 0.2) is 0 Å². The van der Waals surface area contributed by atoms with E-state index in [2.05, 4.69) is 5.90 Å². The van der Waals surface area contributed by atoms with Crippen LogP contribution in [-0.4, -0.2) is 22.9 Å². The van der Waals surface area contributed by atoms with Gasteiger partial charge in [-0.3, -0.25) is 0 Å². The fourth-order valence-corrected chi connectivity index (χ4v) is 0. The molecular formula is C4H13ClNNaO4. The number of aliphatic carboxylic acids is 1. The van der Waals surface area contributed by atoms with E-state index in [0.29, 0.717) is 0 Å². The molecule has 0 spiro atoms. The zero-order valence-electron chi connectivity index (χ0n) is 6.90. The van der Waals surface area contributed by atoms with E-state index < -0.39 is 5.97 Å². The molecule has 66 valence electrons. The molecule has 0 aliphatic rings. The molecule has 0 amide bonds. The Morgan fingerprint density at radius 3 is 1.55 bits per heavy atom. The van der Waals surface area contributed by atoms with Crippen LogP contribution in [0.5, 0.6) is 0 Å². The number of aliphatic hydroxyl groups excluding tert-OH is 1. The molecule has 0 radical (unpaired) electrons. The van der Waals surface area contributed by atoms with Crippen molar-refractivity contribution >= 4 is 18.4 Å². The average molecular weight is 198 g/mol. The fourth-order valence-electron chi connectivity index (χ4n) is 0. The molecule has 5 nitrogen and oxygen atoms in total. The molecule has 0 aliphatic carbocycles. The fraction of sp³-hybridized carbons (Fsp3) is 0.750. The first-order valence-corrected chi connectivity index (χ1v) is 2.19. The third-order valence-corrected chi connectivity index (χ3v) is 0. The number of carboxylic acid groups (broad SMARTS) is 1. The van der Waals surface area contributed by atoms with Gasteiger partial charge >= 0.3 is 29.6 Å². The summed E-state index contributed by atoms with van der Waals surface area (Å²) in [6.07, 6.45) is 0. The molecule has 4 N–H and O–H groups in total. The molecule has 0 saturated carbocycles. The number of halogens is 1. The van der Waals surface area contributed by atoms with Gasteiger partial charge in [-0.15, -0.1) is 12.4 Å². The molecule has 0 heterocycles. The van der Waals surface area contributed by atoms with E-state index in [0.717, 1.165) is 6.92 Å². The third-order valence-electron chi connectivity index (χ3n) is 0. The van der Waals surface area contributed by atoms with Crippen molar-refractivity contribution in [3.63, 3.8) is 0 Å². The van der Waals surface area contributed by atoms with Crippen LogP contribution in [0.2, 0.25) is 0 Å². The van der Waals surface area contributed by atoms with Crippen molar-refractivity contribution in [3.8, 4) is 0 Å². The van der Waals surface area contributed by atoms with Crippen LogP contribution in [0.25, 0.3) is 0 Å². The number of carboxylic acids is 1. The molecule has 0 atom stereocenters. The molecule has 0 rings (SSSR count). The minimum absolute atomic E-state index is 0. The van der Waals surface area contributed by atoms with E-state index in [9.17, 15) is 0 Å². The summed E-state index contributed by atoms with van der Waals surface area (Å²) in [6, 6.07) is 0. The summed E-state index contributed by atoms with van der Waals surface area (Å²) in [6.45, 7) is 2.90. The normalized spacial score (nSPS) is 4.45. The number of aliphatic hydroxyl groups is 1. The largest absolute Gasteiger partial charge is 1.00 e. The number of nitrogens with two attached hydrogens (primary N) is 1. The van der Waals surface area contributed by atoms with E-state index in [-0.39, 0.29) is 48.6 Å². The zero-order valence-corrected chi connectivity index (χ0v) is 9.72. The number of carbonyl (C=O) groups excluding carboxylic acids is 1. The van der Waals surface area contributed by atoms with Crippen LogP contribution in [-0.2, 0) is 4.79 Å². The number of hydrogen-bond acceptors (Lipinski definition) is 5. The van der Waals surface area contributed by atoms with E-state index >= 15 is 0 Å². The predicted octanol–water partition coefficient (Wildman–Crippen LogP) is -4.49. The van der Waals surface area contributed by atoms with Crippen molar-refractivity contribution in [2.24, 2.45) is 5.90 Å². The van der Waals surface area contributed by atoms with Gasteiger partial charge in [0, 0.05) is 12.6 Å². The number of rotatable bonds is 0. The van der Waals surface area contributed by atoms with Crippen molar-refractivity contribution in [2.45, 2.75) is 13.8 Å². The molecule has 0 unspecified atom stereocenters. The standard InChI is InChI=1S/C2H4O2.C2H6O.ClH.H3NO.Na/c1-2(3)4;1-2-3;;1-2;/h1H3,(H,3,4);3H,2H2,1H3;1H;2H,1H2;/q;;;;+1/p-1. The summed E-state index contributed by atoms with van der Waals surface area (Å²) in [5.41, 5.74) is 0. The Balaban J connectivity index is -0.0000000158. The quantitative estimate of drug-likeness (QED) is 0.268. The molecule has 7 heteroatoms. The van der Waals surface area contributed by atoms with E-state index in [1.165, 1.54) is 0 Å². The maximum atomic E-state index is 8.89. The van der Waals surface area contributed by atoms with Crippen LogP contribution >= 0.6 is 12.4 Å². The van der Waals surface area contributed by atoms with Crippen molar-refractivity contribution < 1.29 is 49.8 Å². The summed E-state index contributed by atoms with van der Waals surface area (Å²) >= 11 is 0. The van der Waals surface area contributed by atoms with Gasteiger partial charge in [0.1, 0.15) is 0 Å². The zero-order chi connectivity index (χ0) is 8.28. The maximum absolute atomic E-state index is 8.89. The van der Waals surface area contributed by atoms with Gasteiger partial charge in [0.05, 0.1) is 0 Å². The maximum Gasteiger partial charge on any atom is 1.00 e. The van der Waals surface area contributed by atoms with Crippen molar-refractivity contribution in [1.82, 2.24) is 0 Å². The Labute approximate surface area is 94.3 Å². The minimum atomic E-state index is -1.08. The Morgan fingerprint density at radius 1 is 1.55 bits per heavy atom. The molecule has 0 aromatic heterocycles. The van der Waals surface area contributed by atoms with Gasteiger partial charge < -0.3 is 20.2 Å². The molecule has 0 aliphatic heterocycles. The third kappa shape index (κ3) is 1940. The second kappa shape index (κ2) is 45.9. The molecule has 0 aromatic rings. The van der Waals surface area contributed by atoms with Gasteiger partial charge in [-0.1, -0.05) is 0 Å². The average Bonchev–Trinajstić information content (AvgIpc) is 1.71. The van der Waals surface area contributed by atoms with Gasteiger partial charge in [-0.25, -0.2) is 5.90 Å². The predicted molar refractivity (Wildman–Crippen MR) is 36.7 cm³/mol. The molecule has 0 fully saturated rings. The summed E-state index contributed by atoms with van der Waals surface area (Å²) in [7, 11) is 0. The molecule has 0 saturated heterocycles. The van der Waals surface area contributed by atoms with Gasteiger partial charge in [0.15, 0.2) is 0 Å². The minimum Gasteiger partial charge on any atom is -0.550 e. The van der Waals surface area contributed by atoms with Crippen molar-refractivity contribution in [3.05, 3.63) is 0 Å². The van der Waals surface area contributed by atoms with Crippen LogP contribution in [0.4, 0.5) is 0 Å². The van der Waals surface area contributed by atoms with Gasteiger partial charge in [0.2, 0.25) is 0 Å². The Morgan fingerprint density at radius 2 is 1.55 bits per heavy atom. The molecule has 0 aromatic carbocycles. The first-order valence-electron chi connectivity index (χ1n) is 2.19. The van der Waals surface area contributed by atoms with Crippen molar-refractivity contribution in [2.75, 3.05) is 6.61 Å². The molecule has 11 heavy (non-hydrogen) atoms. The Bertz CT molecular complexity index is 53.4. The van der Waals surface area contributed by atoms with E-state index in [1.54, 1.807) is 6.92 Å². The molecule has 0 bridgehead atoms. The SMILES string of the molecule is CC(=O)[O-].CCO.Cl.NO.[Na+]. The van der Waals surface area contributed by atoms with Crippen LogP contribution < -0.4 is 40.6 Å². The Kier molecular flexibility index (Phi) is 125. The second-order valence-electron chi connectivity index (χ2n) is 0.808. The first kappa shape index (κ1) is 29.9. The van der Waals surface area contributed by atoms with Crippen molar-refractivity contribution in [1.29, 1.82) is 0 Å². The molecular weight excluding hydrogens is 184 g/mol. The number of hydrogen-bond donors (Lipinski definition) is 3. The first-order chi connectivity index (χ1) is 4.15. The second-order valence-corrected chi connectivity index (χ2v) is 0.808. The smallest absolute Gasteiger partial charge is 0.550 e. The van der Waals surface area contributed by atoms with Gasteiger partial charge in [0.25, 0.3) is 0 Å². The summed E-state index contributed by atoms with van der Waals surface area (Å²) < 4.78 is 0. The summed E-state index contributed by atoms with van der Waals surface area (Å²) in [5, 5.41) is 23.0. The van der Waals surface area contributed by atoms with Crippen LogP contribution in [0.3, 0.4) is 0 Å². The van der Waals surface area contributed by atoms with Gasteiger partial charge in [-0.05, 0) is 13.8 Å². The van der Waals surface area contributed by atoms with E-state index in [1.807, 2.05) is 0 Å².